The van der Waals surface area contributed by atoms with E-state index in [1.807, 2.05) is 60.7 Å². The van der Waals surface area contributed by atoms with Crippen LogP contribution >= 0.6 is 0 Å². The van der Waals surface area contributed by atoms with Crippen LogP contribution in [0.3, 0.4) is 0 Å². The molecule has 0 spiro atoms. The van der Waals surface area contributed by atoms with Crippen molar-refractivity contribution in [2.45, 2.75) is 81.4 Å². The number of hydrogen-bond donors (Lipinski definition) is 5. The molecule has 42 heavy (non-hydrogen) atoms. The maximum atomic E-state index is 10.9. The van der Waals surface area contributed by atoms with Crippen molar-refractivity contribution in [3.8, 4) is 0 Å². The Labute approximate surface area is 246 Å². The summed E-state index contributed by atoms with van der Waals surface area (Å²) in [6, 6.07) is 19.0. The van der Waals surface area contributed by atoms with Crippen molar-refractivity contribution < 1.29 is 48.8 Å². The first-order valence-electron chi connectivity index (χ1n) is 14.4. The number of nitrogens with two attached hydrogens (primary N) is 1. The SMILES string of the molecule is NCCCCCOC1OC2COC(c3ccccc3)OC2C(OC(O)C(O)/C=C/[C@H](O)CO)C1OCc1ccccc1. The van der Waals surface area contributed by atoms with Gasteiger partial charge in [-0.3, -0.25) is 0 Å². The number of fused-ring (bicyclic) bond motifs is 1. The molecule has 2 aliphatic rings. The van der Waals surface area contributed by atoms with Gasteiger partial charge in [-0.2, -0.15) is 0 Å². The highest BCUT2D eigenvalue weighted by atomic mass is 16.8. The molecule has 2 heterocycles. The maximum absolute atomic E-state index is 10.9. The van der Waals surface area contributed by atoms with Gasteiger partial charge in [0.1, 0.15) is 30.5 Å². The Kier molecular flexibility index (Phi) is 13.3. The Morgan fingerprint density at radius 2 is 1.62 bits per heavy atom. The fourth-order valence-electron chi connectivity index (χ4n) is 4.82. The fourth-order valence-corrected chi connectivity index (χ4v) is 4.82. The van der Waals surface area contributed by atoms with Crippen molar-refractivity contribution in [3.63, 3.8) is 0 Å². The Balaban J connectivity index is 1.58. The molecule has 0 amide bonds. The van der Waals surface area contributed by atoms with Crippen molar-refractivity contribution in [2.75, 3.05) is 26.4 Å². The van der Waals surface area contributed by atoms with Crippen LogP contribution in [0.4, 0.5) is 0 Å². The number of aliphatic hydroxyl groups excluding tert-OH is 4. The molecule has 0 aliphatic carbocycles. The van der Waals surface area contributed by atoms with E-state index in [2.05, 4.69) is 0 Å². The zero-order chi connectivity index (χ0) is 29.7. The Morgan fingerprint density at radius 3 is 2.33 bits per heavy atom. The molecular weight excluding hydrogens is 546 g/mol. The van der Waals surface area contributed by atoms with Crippen LogP contribution in [-0.4, -0.2) is 96.0 Å². The molecule has 11 heteroatoms. The smallest absolute Gasteiger partial charge is 0.186 e. The number of ether oxygens (including phenoxy) is 6. The minimum atomic E-state index is -1.72. The van der Waals surface area contributed by atoms with Crippen LogP contribution < -0.4 is 5.73 Å². The largest absolute Gasteiger partial charge is 0.393 e. The van der Waals surface area contributed by atoms with Crippen LogP contribution in [0, 0.1) is 0 Å². The molecule has 9 atom stereocenters. The molecule has 0 aromatic heterocycles. The highest BCUT2D eigenvalue weighted by molar-refractivity contribution is 5.17. The molecule has 2 aromatic carbocycles. The third kappa shape index (κ3) is 9.37. The molecule has 232 valence electrons. The average Bonchev–Trinajstić information content (AvgIpc) is 3.03. The van der Waals surface area contributed by atoms with Crippen LogP contribution in [-0.2, 0) is 35.0 Å². The summed E-state index contributed by atoms with van der Waals surface area (Å²) in [6.45, 7) is 0.839. The molecule has 2 fully saturated rings. The second-order valence-corrected chi connectivity index (χ2v) is 10.3. The number of unbranched alkanes of at least 4 members (excludes halogenated alkanes) is 2. The van der Waals surface area contributed by atoms with Gasteiger partial charge >= 0.3 is 0 Å². The van der Waals surface area contributed by atoms with Crippen LogP contribution in [0.2, 0.25) is 0 Å². The molecule has 0 bridgehead atoms. The summed E-state index contributed by atoms with van der Waals surface area (Å²) in [5, 5.41) is 40.2. The predicted octanol–water partition coefficient (Wildman–Crippen LogP) is 1.53. The van der Waals surface area contributed by atoms with Gasteiger partial charge in [0.15, 0.2) is 18.9 Å². The molecule has 2 aliphatic heterocycles. The van der Waals surface area contributed by atoms with Gasteiger partial charge in [-0.1, -0.05) is 72.8 Å². The maximum Gasteiger partial charge on any atom is 0.186 e. The van der Waals surface area contributed by atoms with Crippen LogP contribution in [0.15, 0.2) is 72.8 Å². The number of aliphatic hydroxyl groups is 4. The quantitative estimate of drug-likeness (QED) is 0.110. The monoisotopic (exact) mass is 589 g/mol. The van der Waals surface area contributed by atoms with E-state index in [0.29, 0.717) is 13.2 Å². The van der Waals surface area contributed by atoms with Crippen LogP contribution in [0.5, 0.6) is 0 Å². The van der Waals surface area contributed by atoms with Gasteiger partial charge in [0.2, 0.25) is 0 Å². The van der Waals surface area contributed by atoms with Crippen molar-refractivity contribution in [1.82, 2.24) is 0 Å². The minimum absolute atomic E-state index is 0.170. The molecule has 6 N–H and O–H groups in total. The van der Waals surface area contributed by atoms with E-state index in [4.69, 9.17) is 39.3 Å². The molecule has 0 saturated carbocycles. The fraction of sp³-hybridized carbons (Fsp3) is 0.548. The van der Waals surface area contributed by atoms with Gasteiger partial charge in [0.25, 0.3) is 0 Å². The zero-order valence-electron chi connectivity index (χ0n) is 23.6. The summed E-state index contributed by atoms with van der Waals surface area (Å²) in [5.74, 6) is 0. The second-order valence-electron chi connectivity index (χ2n) is 10.3. The summed E-state index contributed by atoms with van der Waals surface area (Å²) in [4.78, 5) is 0. The first kappa shape index (κ1) is 32.6. The van der Waals surface area contributed by atoms with E-state index in [9.17, 15) is 15.3 Å². The van der Waals surface area contributed by atoms with Crippen molar-refractivity contribution >= 4 is 0 Å². The van der Waals surface area contributed by atoms with E-state index in [1.165, 1.54) is 6.08 Å². The lowest BCUT2D eigenvalue weighted by Crippen LogP contribution is -2.64. The summed E-state index contributed by atoms with van der Waals surface area (Å²) in [7, 11) is 0. The summed E-state index contributed by atoms with van der Waals surface area (Å²) in [5.41, 5.74) is 7.34. The number of hydrogen-bond acceptors (Lipinski definition) is 11. The van der Waals surface area contributed by atoms with Crippen molar-refractivity contribution in [2.24, 2.45) is 5.73 Å². The van der Waals surface area contributed by atoms with Crippen molar-refractivity contribution in [1.29, 1.82) is 0 Å². The summed E-state index contributed by atoms with van der Waals surface area (Å²) < 4.78 is 37.3. The third-order valence-corrected chi connectivity index (χ3v) is 7.08. The lowest BCUT2D eigenvalue weighted by Gasteiger charge is -2.49. The molecule has 8 unspecified atom stereocenters. The molecule has 2 aromatic rings. The average molecular weight is 590 g/mol. The number of benzene rings is 2. The van der Waals surface area contributed by atoms with E-state index >= 15 is 0 Å². The normalized spacial score (nSPS) is 28.3. The van der Waals surface area contributed by atoms with E-state index < -0.39 is 62.1 Å². The second kappa shape index (κ2) is 17.1. The Hall–Kier alpha value is -2.26. The van der Waals surface area contributed by atoms with Gasteiger partial charge in [0.05, 0.1) is 25.9 Å². The van der Waals surface area contributed by atoms with E-state index in [0.717, 1.165) is 36.5 Å². The van der Waals surface area contributed by atoms with Gasteiger partial charge in [-0.15, -0.1) is 0 Å². The topological polar surface area (TPSA) is 162 Å². The lowest BCUT2D eigenvalue weighted by atomic mass is 9.97. The van der Waals surface area contributed by atoms with Crippen LogP contribution in [0.1, 0.15) is 36.7 Å². The molecule has 11 nitrogen and oxygen atoms in total. The predicted molar refractivity (Wildman–Crippen MR) is 152 cm³/mol. The lowest BCUT2D eigenvalue weighted by molar-refractivity contribution is -0.383. The van der Waals surface area contributed by atoms with E-state index in [1.54, 1.807) is 0 Å². The van der Waals surface area contributed by atoms with Gasteiger partial charge < -0.3 is 54.6 Å². The highest BCUT2D eigenvalue weighted by Gasteiger charge is 2.52. The van der Waals surface area contributed by atoms with Crippen molar-refractivity contribution in [3.05, 3.63) is 83.9 Å². The Morgan fingerprint density at radius 1 is 0.881 bits per heavy atom. The Bertz CT molecular complexity index is 1040. The summed E-state index contributed by atoms with van der Waals surface area (Å²) >= 11 is 0. The highest BCUT2D eigenvalue weighted by Crippen LogP contribution is 2.37. The molecule has 4 rings (SSSR count). The molecule has 0 radical (unpaired) electrons. The first-order chi connectivity index (χ1) is 20.5. The third-order valence-electron chi connectivity index (χ3n) is 7.08. The first-order valence-corrected chi connectivity index (χ1v) is 14.4. The van der Waals surface area contributed by atoms with Gasteiger partial charge in [-0.05, 0) is 31.4 Å². The summed E-state index contributed by atoms with van der Waals surface area (Å²) in [6.07, 6.45) is -4.31. The molecular formula is C31H43NO10. The minimum Gasteiger partial charge on any atom is -0.393 e. The van der Waals surface area contributed by atoms with Gasteiger partial charge in [0, 0.05) is 12.2 Å². The van der Waals surface area contributed by atoms with E-state index in [-0.39, 0.29) is 13.2 Å². The zero-order valence-corrected chi connectivity index (χ0v) is 23.6. The standard InChI is InChI=1S/C31H43NO10/c32-16-8-3-9-17-37-31-28(38-19-21-10-4-1-5-11-21)27(41-29(36)24(35)15-14-23(34)18-33)26-25(40-31)20-39-30(42-26)22-12-6-2-7-13-22/h1-2,4-7,10-15,23-31,33-36H,3,8-9,16-20,32H2/b15-14+/t23-,24?,25?,26?,27?,28?,29?,30?,31?/m0/s1. The van der Waals surface area contributed by atoms with Crippen LogP contribution in [0.25, 0.3) is 0 Å². The molecule has 2 saturated heterocycles. The van der Waals surface area contributed by atoms with Gasteiger partial charge in [-0.25, -0.2) is 0 Å². The number of rotatable bonds is 16.